The summed E-state index contributed by atoms with van der Waals surface area (Å²) >= 11 is 0. The Kier molecular flexibility index (Phi) is 5.86. The Morgan fingerprint density at radius 1 is 0.963 bits per heavy atom. The predicted molar refractivity (Wildman–Crippen MR) is 99.1 cm³/mol. The van der Waals surface area contributed by atoms with Crippen LogP contribution in [0.25, 0.3) is 10.8 Å². The fourth-order valence-electron chi connectivity index (χ4n) is 2.81. The van der Waals surface area contributed by atoms with E-state index in [1.54, 1.807) is 12.1 Å². The SMILES string of the molecule is COc1cc(CNC(=O)Cc2ccc3ccccc3c2)ccc1OC(F)F. The second kappa shape index (κ2) is 8.49. The lowest BCUT2D eigenvalue weighted by Gasteiger charge is -2.12. The Hall–Kier alpha value is -3.15. The van der Waals surface area contributed by atoms with Gasteiger partial charge in [-0.1, -0.05) is 48.5 Å². The van der Waals surface area contributed by atoms with Gasteiger partial charge in [-0.2, -0.15) is 8.78 Å². The number of halogens is 2. The van der Waals surface area contributed by atoms with Gasteiger partial charge >= 0.3 is 6.61 Å². The molecule has 1 amide bonds. The molecule has 0 heterocycles. The molecule has 0 fully saturated rings. The summed E-state index contributed by atoms with van der Waals surface area (Å²) in [6.07, 6.45) is 0.258. The molecular formula is C21H19F2NO3. The second-order valence-electron chi connectivity index (χ2n) is 6.00. The van der Waals surface area contributed by atoms with E-state index in [0.717, 1.165) is 21.9 Å². The van der Waals surface area contributed by atoms with Gasteiger partial charge in [0.05, 0.1) is 13.5 Å². The van der Waals surface area contributed by atoms with E-state index in [1.165, 1.54) is 13.2 Å². The van der Waals surface area contributed by atoms with Crippen molar-refractivity contribution in [3.63, 3.8) is 0 Å². The molecule has 0 bridgehead atoms. The molecule has 3 aromatic carbocycles. The fourth-order valence-corrected chi connectivity index (χ4v) is 2.81. The van der Waals surface area contributed by atoms with Crippen LogP contribution in [0.5, 0.6) is 11.5 Å². The number of amides is 1. The third-order valence-corrected chi connectivity index (χ3v) is 4.11. The van der Waals surface area contributed by atoms with Gasteiger partial charge in [-0.15, -0.1) is 0 Å². The molecule has 0 aromatic heterocycles. The van der Waals surface area contributed by atoms with Crippen molar-refractivity contribution in [3.05, 3.63) is 71.8 Å². The first-order chi connectivity index (χ1) is 13.0. The minimum Gasteiger partial charge on any atom is -0.493 e. The second-order valence-corrected chi connectivity index (χ2v) is 6.00. The number of benzene rings is 3. The molecular weight excluding hydrogens is 352 g/mol. The Morgan fingerprint density at radius 3 is 2.44 bits per heavy atom. The van der Waals surface area contributed by atoms with E-state index in [2.05, 4.69) is 10.1 Å². The standard InChI is InChI=1S/C21H19F2NO3/c1-26-19-11-15(7-9-18(19)27-21(22)23)13-24-20(25)12-14-6-8-16-4-2-3-5-17(16)10-14/h2-11,21H,12-13H2,1H3,(H,24,25). The fraction of sp³-hybridized carbons (Fsp3) is 0.190. The Bertz CT molecular complexity index is 944. The van der Waals surface area contributed by atoms with Crippen LogP contribution in [0.15, 0.2) is 60.7 Å². The number of alkyl halides is 2. The molecule has 140 valence electrons. The summed E-state index contributed by atoms with van der Waals surface area (Å²) in [6, 6.07) is 18.4. The van der Waals surface area contributed by atoms with Crippen molar-refractivity contribution in [3.8, 4) is 11.5 Å². The van der Waals surface area contributed by atoms with Crippen molar-refractivity contribution in [1.82, 2.24) is 5.32 Å². The monoisotopic (exact) mass is 371 g/mol. The number of fused-ring (bicyclic) bond motifs is 1. The van der Waals surface area contributed by atoms with Gasteiger partial charge in [-0.25, -0.2) is 0 Å². The van der Waals surface area contributed by atoms with Gasteiger partial charge in [-0.3, -0.25) is 4.79 Å². The van der Waals surface area contributed by atoms with Crippen LogP contribution in [-0.2, 0) is 17.8 Å². The predicted octanol–water partition coefficient (Wildman–Crippen LogP) is 4.31. The summed E-state index contributed by atoms with van der Waals surface area (Å²) in [4.78, 5) is 12.2. The van der Waals surface area contributed by atoms with Crippen LogP contribution < -0.4 is 14.8 Å². The Morgan fingerprint density at radius 2 is 1.70 bits per heavy atom. The number of carbonyl (C=O) groups excluding carboxylic acids is 1. The van der Waals surface area contributed by atoms with E-state index in [-0.39, 0.29) is 30.4 Å². The summed E-state index contributed by atoms with van der Waals surface area (Å²) in [7, 11) is 1.37. The largest absolute Gasteiger partial charge is 0.493 e. The van der Waals surface area contributed by atoms with Gasteiger partial charge in [-0.05, 0) is 34.0 Å². The van der Waals surface area contributed by atoms with E-state index >= 15 is 0 Å². The number of ether oxygens (including phenoxy) is 2. The molecule has 0 saturated carbocycles. The first kappa shape index (κ1) is 18.6. The molecule has 27 heavy (non-hydrogen) atoms. The zero-order chi connectivity index (χ0) is 19.2. The van der Waals surface area contributed by atoms with Crippen LogP contribution in [0.3, 0.4) is 0 Å². The van der Waals surface area contributed by atoms with Crippen LogP contribution in [0, 0.1) is 0 Å². The van der Waals surface area contributed by atoms with Crippen LogP contribution >= 0.6 is 0 Å². The molecule has 0 aliphatic carbocycles. The average Bonchev–Trinajstić information content (AvgIpc) is 2.66. The molecule has 0 saturated heterocycles. The lowest BCUT2D eigenvalue weighted by atomic mass is 10.0. The average molecular weight is 371 g/mol. The van der Waals surface area contributed by atoms with Crippen LogP contribution in [0.4, 0.5) is 8.78 Å². The van der Waals surface area contributed by atoms with Crippen molar-refractivity contribution in [2.45, 2.75) is 19.6 Å². The lowest BCUT2D eigenvalue weighted by Crippen LogP contribution is -2.24. The van der Waals surface area contributed by atoms with Crippen LogP contribution in [0.1, 0.15) is 11.1 Å². The first-order valence-electron chi connectivity index (χ1n) is 8.41. The maximum Gasteiger partial charge on any atom is 0.387 e. The highest BCUT2D eigenvalue weighted by atomic mass is 19.3. The quantitative estimate of drug-likeness (QED) is 0.673. The molecule has 0 unspecified atom stereocenters. The molecule has 0 atom stereocenters. The van der Waals surface area contributed by atoms with E-state index in [4.69, 9.17) is 4.74 Å². The molecule has 0 aliphatic rings. The van der Waals surface area contributed by atoms with Crippen molar-refractivity contribution < 1.29 is 23.0 Å². The zero-order valence-electron chi connectivity index (χ0n) is 14.7. The molecule has 6 heteroatoms. The lowest BCUT2D eigenvalue weighted by molar-refractivity contribution is -0.120. The maximum atomic E-state index is 12.4. The highest BCUT2D eigenvalue weighted by molar-refractivity contribution is 5.85. The summed E-state index contributed by atoms with van der Waals surface area (Å²) in [5.74, 6) is 0.0208. The van der Waals surface area contributed by atoms with E-state index in [0.29, 0.717) is 0 Å². The topological polar surface area (TPSA) is 47.6 Å². The summed E-state index contributed by atoms with van der Waals surface area (Å²) < 4.78 is 34.2. The molecule has 0 aliphatic heterocycles. The summed E-state index contributed by atoms with van der Waals surface area (Å²) in [6.45, 7) is -2.66. The minimum absolute atomic E-state index is 0.0428. The third-order valence-electron chi connectivity index (χ3n) is 4.11. The van der Waals surface area contributed by atoms with Gasteiger partial charge in [0, 0.05) is 6.54 Å². The molecule has 4 nitrogen and oxygen atoms in total. The van der Waals surface area contributed by atoms with Gasteiger partial charge in [0.1, 0.15) is 0 Å². The molecule has 0 radical (unpaired) electrons. The molecule has 3 rings (SSSR count). The number of nitrogens with one attached hydrogen (secondary N) is 1. The maximum absolute atomic E-state index is 12.4. The van der Waals surface area contributed by atoms with E-state index in [1.807, 2.05) is 42.5 Å². The van der Waals surface area contributed by atoms with Crippen LogP contribution in [0.2, 0.25) is 0 Å². The highest BCUT2D eigenvalue weighted by Crippen LogP contribution is 2.29. The van der Waals surface area contributed by atoms with Gasteiger partial charge < -0.3 is 14.8 Å². The molecule has 3 aromatic rings. The molecule has 1 N–H and O–H groups in total. The van der Waals surface area contributed by atoms with Crippen LogP contribution in [-0.4, -0.2) is 19.6 Å². The van der Waals surface area contributed by atoms with Crippen molar-refractivity contribution in [2.24, 2.45) is 0 Å². The molecule has 0 spiro atoms. The highest BCUT2D eigenvalue weighted by Gasteiger charge is 2.11. The smallest absolute Gasteiger partial charge is 0.387 e. The van der Waals surface area contributed by atoms with Crippen molar-refractivity contribution in [2.75, 3.05) is 7.11 Å². The van der Waals surface area contributed by atoms with E-state index in [9.17, 15) is 13.6 Å². The zero-order valence-corrected chi connectivity index (χ0v) is 14.7. The Labute approximate surface area is 155 Å². The number of methoxy groups -OCH3 is 1. The summed E-state index contributed by atoms with van der Waals surface area (Å²) in [5.41, 5.74) is 1.64. The minimum atomic E-state index is -2.92. The van der Waals surface area contributed by atoms with E-state index < -0.39 is 6.61 Å². The van der Waals surface area contributed by atoms with Gasteiger partial charge in [0.15, 0.2) is 11.5 Å². The van der Waals surface area contributed by atoms with Gasteiger partial charge in [0.25, 0.3) is 0 Å². The first-order valence-corrected chi connectivity index (χ1v) is 8.41. The number of hydrogen-bond acceptors (Lipinski definition) is 3. The number of rotatable bonds is 7. The summed E-state index contributed by atoms with van der Waals surface area (Å²) in [5, 5.41) is 5.03. The number of carbonyl (C=O) groups is 1. The Balaban J connectivity index is 1.61. The number of hydrogen-bond donors (Lipinski definition) is 1. The van der Waals surface area contributed by atoms with Crippen molar-refractivity contribution >= 4 is 16.7 Å². The van der Waals surface area contributed by atoms with Gasteiger partial charge in [0.2, 0.25) is 5.91 Å². The third kappa shape index (κ3) is 4.94. The van der Waals surface area contributed by atoms with Crippen molar-refractivity contribution in [1.29, 1.82) is 0 Å². The normalized spacial score (nSPS) is 10.8.